The first-order valence-electron chi connectivity index (χ1n) is 8.73. The molecular formula is C17H34ClN3. The van der Waals surface area contributed by atoms with Gasteiger partial charge in [-0.25, -0.2) is 0 Å². The maximum absolute atomic E-state index is 3.53. The molecule has 3 nitrogen and oxygen atoms in total. The van der Waals surface area contributed by atoms with Crippen LogP contribution >= 0.6 is 12.4 Å². The van der Waals surface area contributed by atoms with Gasteiger partial charge in [0.25, 0.3) is 0 Å². The summed E-state index contributed by atoms with van der Waals surface area (Å²) >= 11 is 0. The highest BCUT2D eigenvalue weighted by atomic mass is 35.5. The molecule has 21 heavy (non-hydrogen) atoms. The highest BCUT2D eigenvalue weighted by molar-refractivity contribution is 5.85. The summed E-state index contributed by atoms with van der Waals surface area (Å²) in [5.74, 6) is 0.899. The molecule has 3 unspecified atom stereocenters. The normalized spacial score (nSPS) is 29.1. The highest BCUT2D eigenvalue weighted by Crippen LogP contribution is 2.29. The SMILES string of the molecule is CCCCCCCCC1CCN(C2NC=CCN2)C1C.Cl. The Morgan fingerprint density at radius 1 is 1.14 bits per heavy atom. The minimum absolute atomic E-state index is 0. The van der Waals surface area contributed by atoms with Crippen LogP contribution in [0.3, 0.4) is 0 Å². The van der Waals surface area contributed by atoms with E-state index >= 15 is 0 Å². The number of nitrogens with one attached hydrogen (secondary N) is 2. The van der Waals surface area contributed by atoms with Crippen molar-refractivity contribution in [2.45, 2.75) is 77.5 Å². The first-order valence-corrected chi connectivity index (χ1v) is 8.73. The Balaban J connectivity index is 0.00000220. The fraction of sp³-hybridized carbons (Fsp3) is 0.882. The van der Waals surface area contributed by atoms with E-state index in [-0.39, 0.29) is 12.4 Å². The number of likely N-dealkylation sites (tertiary alicyclic amines) is 1. The smallest absolute Gasteiger partial charge is 0.134 e. The van der Waals surface area contributed by atoms with E-state index in [1.54, 1.807) is 0 Å². The second kappa shape index (κ2) is 10.5. The Morgan fingerprint density at radius 3 is 2.62 bits per heavy atom. The van der Waals surface area contributed by atoms with Crippen LogP contribution in [0, 0.1) is 5.92 Å². The lowest BCUT2D eigenvalue weighted by molar-refractivity contribution is 0.125. The lowest BCUT2D eigenvalue weighted by atomic mass is 9.94. The fourth-order valence-electron chi connectivity index (χ4n) is 3.64. The fourth-order valence-corrected chi connectivity index (χ4v) is 3.64. The molecule has 2 N–H and O–H groups in total. The molecule has 2 rings (SSSR count). The summed E-state index contributed by atoms with van der Waals surface area (Å²) in [4.78, 5) is 2.60. The van der Waals surface area contributed by atoms with Crippen molar-refractivity contribution in [1.82, 2.24) is 15.5 Å². The molecule has 1 saturated heterocycles. The van der Waals surface area contributed by atoms with E-state index in [2.05, 4.69) is 41.7 Å². The number of unbranched alkanes of at least 4 members (excludes halogenated alkanes) is 5. The molecule has 1 fully saturated rings. The molecule has 0 bridgehead atoms. The molecule has 2 heterocycles. The Labute approximate surface area is 137 Å². The molecule has 4 heteroatoms. The summed E-state index contributed by atoms with van der Waals surface area (Å²) in [7, 11) is 0. The van der Waals surface area contributed by atoms with Gasteiger partial charge in [-0.2, -0.15) is 0 Å². The van der Waals surface area contributed by atoms with Crippen LogP contribution < -0.4 is 10.6 Å². The van der Waals surface area contributed by atoms with E-state index in [0.29, 0.717) is 12.3 Å². The lowest BCUT2D eigenvalue weighted by Gasteiger charge is -2.35. The molecular weight excluding hydrogens is 282 g/mol. The van der Waals surface area contributed by atoms with Crippen LogP contribution in [-0.2, 0) is 0 Å². The first kappa shape index (κ1) is 18.8. The number of hydrogen-bond acceptors (Lipinski definition) is 3. The minimum atomic E-state index is 0. The zero-order chi connectivity index (χ0) is 14.2. The van der Waals surface area contributed by atoms with Crippen molar-refractivity contribution < 1.29 is 0 Å². The van der Waals surface area contributed by atoms with Crippen LogP contribution in [0.4, 0.5) is 0 Å². The van der Waals surface area contributed by atoms with E-state index in [4.69, 9.17) is 0 Å². The summed E-state index contributed by atoms with van der Waals surface area (Å²) in [6.07, 6.45) is 15.9. The van der Waals surface area contributed by atoms with Crippen LogP contribution in [0.1, 0.15) is 65.2 Å². The van der Waals surface area contributed by atoms with Gasteiger partial charge in [0.15, 0.2) is 0 Å². The molecule has 2 aliphatic heterocycles. The van der Waals surface area contributed by atoms with Gasteiger partial charge in [-0.3, -0.25) is 10.2 Å². The number of rotatable bonds is 8. The van der Waals surface area contributed by atoms with Gasteiger partial charge in [0.2, 0.25) is 0 Å². The number of halogens is 1. The van der Waals surface area contributed by atoms with Gasteiger partial charge in [0, 0.05) is 19.1 Å². The van der Waals surface area contributed by atoms with Crippen LogP contribution in [-0.4, -0.2) is 30.3 Å². The average molecular weight is 316 g/mol. The molecule has 0 aromatic rings. The van der Waals surface area contributed by atoms with Gasteiger partial charge in [0.1, 0.15) is 6.29 Å². The highest BCUT2D eigenvalue weighted by Gasteiger charge is 2.34. The molecule has 0 saturated carbocycles. The minimum Gasteiger partial charge on any atom is -0.364 e. The van der Waals surface area contributed by atoms with Gasteiger partial charge in [-0.1, -0.05) is 51.5 Å². The van der Waals surface area contributed by atoms with Gasteiger partial charge in [0.05, 0.1) is 0 Å². The Hall–Kier alpha value is -0.250. The maximum Gasteiger partial charge on any atom is 0.134 e. The molecule has 2 aliphatic rings. The zero-order valence-corrected chi connectivity index (χ0v) is 14.6. The predicted molar refractivity (Wildman–Crippen MR) is 93.6 cm³/mol. The van der Waals surface area contributed by atoms with E-state index in [1.807, 2.05) is 0 Å². The third-order valence-corrected chi connectivity index (χ3v) is 5.02. The quantitative estimate of drug-likeness (QED) is 0.666. The average Bonchev–Trinajstić information content (AvgIpc) is 2.85. The molecule has 0 radical (unpaired) electrons. The number of hydrogen-bond donors (Lipinski definition) is 2. The standard InChI is InChI=1S/C17H33N3.ClH/c1-3-4-5-6-7-8-10-16-11-14-20(15(16)2)17-18-12-9-13-19-17;/h9,12,15-19H,3-8,10-11,13-14H2,1-2H3;1H. The summed E-state index contributed by atoms with van der Waals surface area (Å²) in [6.45, 7) is 6.93. The van der Waals surface area contributed by atoms with Crippen molar-refractivity contribution in [3.8, 4) is 0 Å². The van der Waals surface area contributed by atoms with Gasteiger partial charge in [-0.15, -0.1) is 12.4 Å². The second-order valence-electron chi connectivity index (χ2n) is 6.46. The Morgan fingerprint density at radius 2 is 1.90 bits per heavy atom. The molecule has 3 atom stereocenters. The summed E-state index contributed by atoms with van der Waals surface area (Å²) < 4.78 is 0. The van der Waals surface area contributed by atoms with E-state index in [1.165, 1.54) is 57.9 Å². The maximum atomic E-state index is 3.53. The van der Waals surface area contributed by atoms with Crippen LogP contribution in [0.5, 0.6) is 0 Å². The van der Waals surface area contributed by atoms with Gasteiger partial charge < -0.3 is 5.32 Å². The summed E-state index contributed by atoms with van der Waals surface area (Å²) in [5.41, 5.74) is 0. The van der Waals surface area contributed by atoms with Crippen molar-refractivity contribution in [2.75, 3.05) is 13.1 Å². The first-order chi connectivity index (χ1) is 9.83. The van der Waals surface area contributed by atoms with Crippen molar-refractivity contribution >= 4 is 12.4 Å². The van der Waals surface area contributed by atoms with Crippen LogP contribution in [0.2, 0.25) is 0 Å². The number of nitrogens with zero attached hydrogens (tertiary/aromatic N) is 1. The largest absolute Gasteiger partial charge is 0.364 e. The van der Waals surface area contributed by atoms with Crippen molar-refractivity contribution in [3.63, 3.8) is 0 Å². The molecule has 0 spiro atoms. The van der Waals surface area contributed by atoms with E-state index in [9.17, 15) is 0 Å². The lowest BCUT2D eigenvalue weighted by Crippen LogP contribution is -2.56. The zero-order valence-electron chi connectivity index (χ0n) is 13.8. The van der Waals surface area contributed by atoms with E-state index in [0.717, 1.165) is 12.5 Å². The van der Waals surface area contributed by atoms with Crippen molar-refractivity contribution in [1.29, 1.82) is 0 Å². The predicted octanol–water partition coefficient (Wildman–Crippen LogP) is 3.86. The van der Waals surface area contributed by atoms with Gasteiger partial charge >= 0.3 is 0 Å². The molecule has 0 aromatic heterocycles. The second-order valence-corrected chi connectivity index (χ2v) is 6.46. The Bertz CT molecular complexity index is 296. The molecule has 124 valence electrons. The monoisotopic (exact) mass is 315 g/mol. The van der Waals surface area contributed by atoms with Gasteiger partial charge in [-0.05, 0) is 31.9 Å². The summed E-state index contributed by atoms with van der Waals surface area (Å²) in [5, 5.41) is 6.97. The van der Waals surface area contributed by atoms with Crippen LogP contribution in [0.25, 0.3) is 0 Å². The molecule has 0 amide bonds. The molecule has 0 aromatic carbocycles. The third-order valence-electron chi connectivity index (χ3n) is 5.02. The third kappa shape index (κ3) is 5.80. The Kier molecular flexibility index (Phi) is 9.37. The molecule has 0 aliphatic carbocycles. The topological polar surface area (TPSA) is 27.3 Å². The van der Waals surface area contributed by atoms with Crippen molar-refractivity contribution in [3.05, 3.63) is 12.3 Å². The van der Waals surface area contributed by atoms with Crippen LogP contribution in [0.15, 0.2) is 12.3 Å². The van der Waals surface area contributed by atoms with E-state index < -0.39 is 0 Å². The van der Waals surface area contributed by atoms with Crippen molar-refractivity contribution in [2.24, 2.45) is 5.92 Å². The summed E-state index contributed by atoms with van der Waals surface area (Å²) in [6, 6.07) is 0.710.